The first kappa shape index (κ1) is 8.68. The molecule has 0 bridgehead atoms. The molecule has 0 saturated carbocycles. The van der Waals surface area contributed by atoms with Crippen LogP contribution in [0.3, 0.4) is 0 Å². The van der Waals surface area contributed by atoms with Gasteiger partial charge in [0.1, 0.15) is 0 Å². The quantitative estimate of drug-likeness (QED) is 0.132. The molecule has 0 aromatic carbocycles. The van der Waals surface area contributed by atoms with E-state index in [0.717, 1.165) is 0 Å². The van der Waals surface area contributed by atoms with E-state index in [9.17, 15) is 0 Å². The minimum Gasteiger partial charge on any atom is -0.240 e. The summed E-state index contributed by atoms with van der Waals surface area (Å²) in [7, 11) is 1.58. The Morgan fingerprint density at radius 3 is 2.56 bits per heavy atom. The predicted molar refractivity (Wildman–Crippen MR) is 29.8 cm³/mol. The van der Waals surface area contributed by atoms with Crippen LogP contribution in [-0.2, 0) is 4.94 Å². The SMILES string of the molecule is CNONNNN(N)N. The lowest BCUT2D eigenvalue weighted by Gasteiger charge is -2.11. The number of rotatable bonds is 5. The number of hydrogen-bond acceptors (Lipinski definition) is 8. The number of hydroxylamine groups is 1. The van der Waals surface area contributed by atoms with Gasteiger partial charge in [0.25, 0.3) is 0 Å². The van der Waals surface area contributed by atoms with Crippen molar-refractivity contribution in [3.63, 3.8) is 0 Å². The molecule has 0 atom stereocenters. The van der Waals surface area contributed by atoms with Crippen LogP contribution in [0, 0.1) is 0 Å². The largest absolute Gasteiger partial charge is 0.240 e. The van der Waals surface area contributed by atoms with E-state index in [0.29, 0.717) is 5.23 Å². The Morgan fingerprint density at radius 1 is 1.44 bits per heavy atom. The third kappa shape index (κ3) is 7.68. The molecule has 9 heavy (non-hydrogen) atoms. The van der Waals surface area contributed by atoms with Gasteiger partial charge in [-0.1, -0.05) is 0 Å². The third-order valence-electron chi connectivity index (χ3n) is 0.389. The molecule has 8 N–H and O–H groups in total. The molecule has 0 rings (SSSR count). The average Bonchev–Trinajstić information content (AvgIpc) is 1.80. The van der Waals surface area contributed by atoms with Crippen molar-refractivity contribution in [3.05, 3.63) is 0 Å². The summed E-state index contributed by atoms with van der Waals surface area (Å²) in [6, 6.07) is 0. The highest BCUT2D eigenvalue weighted by Gasteiger charge is 1.82. The van der Waals surface area contributed by atoms with Crippen LogP contribution in [0.15, 0.2) is 0 Å². The van der Waals surface area contributed by atoms with Gasteiger partial charge in [-0.05, 0) is 0 Å². The Morgan fingerprint density at radius 2 is 2.11 bits per heavy atom. The van der Waals surface area contributed by atoms with Gasteiger partial charge in [-0.25, -0.2) is 11.7 Å². The summed E-state index contributed by atoms with van der Waals surface area (Å²) < 4.78 is 0. The molecular formula is CH11N7O. The summed E-state index contributed by atoms with van der Waals surface area (Å²) >= 11 is 0. The molecular weight excluding hydrogens is 126 g/mol. The van der Waals surface area contributed by atoms with E-state index in [2.05, 4.69) is 27.1 Å². The van der Waals surface area contributed by atoms with Gasteiger partial charge >= 0.3 is 0 Å². The Kier molecular flexibility index (Phi) is 5.60. The lowest BCUT2D eigenvalue weighted by molar-refractivity contribution is -0.0760. The fourth-order valence-electron chi connectivity index (χ4n) is 0.164. The zero-order valence-electron chi connectivity index (χ0n) is 5.01. The molecule has 56 valence electrons. The van der Waals surface area contributed by atoms with E-state index in [1.54, 1.807) is 7.05 Å². The maximum absolute atomic E-state index is 4.90. The normalized spacial score (nSPS) is 10.7. The number of hydrazine groups is 5. The van der Waals surface area contributed by atoms with Gasteiger partial charge in [-0.2, -0.15) is 16.0 Å². The van der Waals surface area contributed by atoms with E-state index in [1.165, 1.54) is 0 Å². The smallest absolute Gasteiger partial charge is 0.0115 e. The molecule has 0 unspecified atom stereocenters. The molecule has 0 aromatic rings. The van der Waals surface area contributed by atoms with E-state index >= 15 is 0 Å². The standard InChI is InChI=1S/CH11N7O/c1-4-9-7-5-6-8(2)3/h4-7H,2-3H2,1H3. The van der Waals surface area contributed by atoms with E-state index in [4.69, 9.17) is 11.7 Å². The molecule has 0 fully saturated rings. The van der Waals surface area contributed by atoms with Crippen LogP contribution in [0.4, 0.5) is 0 Å². The summed E-state index contributed by atoms with van der Waals surface area (Å²) in [6.07, 6.45) is 0. The molecule has 0 heterocycles. The van der Waals surface area contributed by atoms with Gasteiger partial charge < -0.3 is 0 Å². The Hall–Kier alpha value is -0.320. The number of nitrogens with zero attached hydrogens (tertiary/aromatic N) is 1. The van der Waals surface area contributed by atoms with Crippen LogP contribution in [0.1, 0.15) is 0 Å². The van der Waals surface area contributed by atoms with Crippen LogP contribution in [-0.4, -0.2) is 12.3 Å². The van der Waals surface area contributed by atoms with Crippen molar-refractivity contribution in [2.75, 3.05) is 7.05 Å². The highest BCUT2D eigenvalue weighted by Crippen LogP contribution is 1.41. The van der Waals surface area contributed by atoms with Gasteiger partial charge in [-0.15, -0.1) is 16.4 Å². The van der Waals surface area contributed by atoms with Crippen molar-refractivity contribution >= 4 is 0 Å². The maximum Gasteiger partial charge on any atom is 0.0115 e. The Balaban J connectivity index is 2.75. The maximum atomic E-state index is 4.90. The topological polar surface area (TPSA) is 113 Å². The summed E-state index contributed by atoms with van der Waals surface area (Å²) in [5.41, 5.74) is 9.04. The number of nitrogens with two attached hydrogens (primary N) is 2. The summed E-state index contributed by atoms with van der Waals surface area (Å²) in [5.74, 6) is 9.79. The molecule has 0 aromatic heterocycles. The zero-order valence-corrected chi connectivity index (χ0v) is 5.01. The minimum atomic E-state index is 0.714. The Labute approximate surface area is 52.3 Å². The zero-order chi connectivity index (χ0) is 7.11. The van der Waals surface area contributed by atoms with Crippen LogP contribution >= 0.6 is 0 Å². The predicted octanol–water partition coefficient (Wildman–Crippen LogP) is -3.38. The van der Waals surface area contributed by atoms with Gasteiger partial charge in [0, 0.05) is 7.05 Å². The number of hydrogen-bond donors (Lipinski definition) is 6. The minimum absolute atomic E-state index is 0.714. The van der Waals surface area contributed by atoms with Crippen LogP contribution < -0.4 is 33.8 Å². The number of nitrogens with one attached hydrogen (secondary N) is 4. The highest BCUT2D eigenvalue weighted by atomic mass is 16.8. The van der Waals surface area contributed by atoms with Crippen molar-refractivity contribution in [1.82, 2.24) is 27.4 Å². The first-order chi connectivity index (χ1) is 4.27. The van der Waals surface area contributed by atoms with Gasteiger partial charge in [0.05, 0.1) is 0 Å². The second-order valence-electron chi connectivity index (χ2n) is 1.05. The second-order valence-corrected chi connectivity index (χ2v) is 1.05. The average molecular weight is 137 g/mol. The fraction of sp³-hybridized carbons (Fsp3) is 1.00. The van der Waals surface area contributed by atoms with E-state index < -0.39 is 0 Å². The van der Waals surface area contributed by atoms with Gasteiger partial charge in [0.2, 0.25) is 0 Å². The first-order valence-corrected chi connectivity index (χ1v) is 2.15. The molecule has 0 amide bonds. The summed E-state index contributed by atoms with van der Waals surface area (Å²) in [4.78, 5) is 4.37. The first-order valence-electron chi connectivity index (χ1n) is 2.15. The highest BCUT2D eigenvalue weighted by molar-refractivity contribution is 4.03. The molecule has 0 aliphatic heterocycles. The van der Waals surface area contributed by atoms with Gasteiger partial charge in [-0.3, -0.25) is 0 Å². The van der Waals surface area contributed by atoms with E-state index in [1.807, 2.05) is 0 Å². The van der Waals surface area contributed by atoms with Crippen molar-refractivity contribution in [2.45, 2.75) is 0 Å². The van der Waals surface area contributed by atoms with E-state index in [-0.39, 0.29) is 0 Å². The Bertz CT molecular complexity index is 54.9. The molecule has 8 nitrogen and oxygen atoms in total. The second kappa shape index (κ2) is 5.81. The molecule has 0 saturated heterocycles. The molecule has 0 radical (unpaired) electrons. The molecule has 0 spiro atoms. The van der Waals surface area contributed by atoms with Gasteiger partial charge in [0.15, 0.2) is 0 Å². The molecule has 8 heteroatoms. The monoisotopic (exact) mass is 137 g/mol. The van der Waals surface area contributed by atoms with Crippen molar-refractivity contribution in [3.8, 4) is 0 Å². The summed E-state index contributed by atoms with van der Waals surface area (Å²) in [5, 5.41) is 0.714. The third-order valence-corrected chi connectivity index (χ3v) is 0.389. The van der Waals surface area contributed by atoms with Crippen LogP contribution in [0.2, 0.25) is 0 Å². The molecule has 0 aliphatic rings. The molecule has 0 aliphatic carbocycles. The van der Waals surface area contributed by atoms with Crippen LogP contribution in [0.25, 0.3) is 0 Å². The summed E-state index contributed by atoms with van der Waals surface area (Å²) in [6.45, 7) is 0. The van der Waals surface area contributed by atoms with Crippen molar-refractivity contribution in [1.29, 1.82) is 0 Å². The van der Waals surface area contributed by atoms with Crippen LogP contribution in [0.5, 0.6) is 0 Å². The lowest BCUT2D eigenvalue weighted by Crippen LogP contribution is -2.59. The fourth-order valence-corrected chi connectivity index (χ4v) is 0.164. The lowest BCUT2D eigenvalue weighted by atomic mass is 11.6. The van der Waals surface area contributed by atoms with Crippen molar-refractivity contribution < 1.29 is 4.94 Å². The van der Waals surface area contributed by atoms with Crippen molar-refractivity contribution in [2.24, 2.45) is 11.7 Å².